The first-order valence-electron chi connectivity index (χ1n) is 6.54. The summed E-state index contributed by atoms with van der Waals surface area (Å²) in [7, 11) is 0. The molecule has 1 aromatic carbocycles. The number of anilines is 1. The van der Waals surface area contributed by atoms with E-state index >= 15 is 0 Å². The number of nitrogens with zero attached hydrogens (tertiary/aromatic N) is 2. The molecule has 2 N–H and O–H groups in total. The lowest BCUT2D eigenvalue weighted by Gasteiger charge is -2.14. The summed E-state index contributed by atoms with van der Waals surface area (Å²) in [5.41, 5.74) is -0.759. The van der Waals surface area contributed by atoms with E-state index < -0.39 is 17.8 Å². The molecule has 9 heteroatoms. The van der Waals surface area contributed by atoms with Gasteiger partial charge in [-0.25, -0.2) is 9.97 Å². The topological polar surface area (TPSA) is 67.3 Å². The highest BCUT2D eigenvalue weighted by atomic mass is 35.5. The van der Waals surface area contributed by atoms with Crippen LogP contribution in [-0.2, 0) is 6.18 Å². The van der Waals surface area contributed by atoms with Gasteiger partial charge in [-0.3, -0.25) is 0 Å². The number of hydrogen-bond donors (Lipinski definition) is 2. The number of aliphatic hydroxyl groups excluding tert-OH is 1. The van der Waals surface area contributed by atoms with E-state index in [1.807, 2.05) is 0 Å². The van der Waals surface area contributed by atoms with Crippen LogP contribution in [0.2, 0.25) is 5.02 Å². The standard InChI is InChI=1S/C14H13ClF3N3O2/c15-12-6-19-8-21-13(12)20-5-10(22)7-23-11-3-1-9(2-4-11)14(16,17)18/h1-4,6,8,10,22H,5,7H2,(H,19,20,21). The molecule has 23 heavy (non-hydrogen) atoms. The Morgan fingerprint density at radius 2 is 1.96 bits per heavy atom. The quantitative estimate of drug-likeness (QED) is 0.841. The van der Waals surface area contributed by atoms with Gasteiger partial charge in [-0.05, 0) is 24.3 Å². The molecule has 0 spiro atoms. The van der Waals surface area contributed by atoms with Crippen LogP contribution in [0.4, 0.5) is 19.0 Å². The predicted octanol–water partition coefficient (Wildman–Crippen LogP) is 3.00. The molecule has 2 rings (SSSR count). The van der Waals surface area contributed by atoms with Gasteiger partial charge < -0.3 is 15.2 Å². The average molecular weight is 348 g/mol. The molecule has 0 aliphatic carbocycles. The molecule has 0 aliphatic rings. The van der Waals surface area contributed by atoms with Crippen molar-refractivity contribution >= 4 is 17.4 Å². The van der Waals surface area contributed by atoms with E-state index in [-0.39, 0.29) is 18.9 Å². The fourth-order valence-electron chi connectivity index (χ4n) is 1.65. The molecular formula is C14H13ClF3N3O2. The normalized spacial score (nSPS) is 12.7. The molecule has 0 saturated heterocycles. The number of ether oxygens (including phenoxy) is 1. The van der Waals surface area contributed by atoms with Crippen LogP contribution in [0.15, 0.2) is 36.8 Å². The highest BCUT2D eigenvalue weighted by molar-refractivity contribution is 6.32. The number of benzene rings is 1. The molecule has 5 nitrogen and oxygen atoms in total. The molecule has 1 aromatic heterocycles. The first-order chi connectivity index (χ1) is 10.9. The third-order valence-electron chi connectivity index (χ3n) is 2.80. The van der Waals surface area contributed by atoms with Gasteiger partial charge in [0.05, 0.1) is 11.8 Å². The van der Waals surface area contributed by atoms with Gasteiger partial charge in [0.25, 0.3) is 0 Å². The number of aliphatic hydroxyl groups is 1. The molecule has 0 aliphatic heterocycles. The van der Waals surface area contributed by atoms with Gasteiger partial charge in [0.1, 0.15) is 35.6 Å². The van der Waals surface area contributed by atoms with Crippen LogP contribution in [-0.4, -0.2) is 34.3 Å². The van der Waals surface area contributed by atoms with E-state index in [1.165, 1.54) is 24.7 Å². The molecule has 1 atom stereocenters. The first-order valence-corrected chi connectivity index (χ1v) is 6.91. The van der Waals surface area contributed by atoms with Crippen LogP contribution in [0.3, 0.4) is 0 Å². The van der Waals surface area contributed by atoms with Crippen molar-refractivity contribution in [2.45, 2.75) is 12.3 Å². The van der Waals surface area contributed by atoms with E-state index in [9.17, 15) is 18.3 Å². The lowest BCUT2D eigenvalue weighted by Crippen LogP contribution is -2.26. The number of rotatable bonds is 6. The van der Waals surface area contributed by atoms with E-state index in [2.05, 4.69) is 15.3 Å². The maximum absolute atomic E-state index is 12.4. The number of nitrogens with one attached hydrogen (secondary N) is 1. The molecule has 0 amide bonds. The molecule has 2 aromatic rings. The maximum atomic E-state index is 12.4. The Hall–Kier alpha value is -2.06. The summed E-state index contributed by atoms with van der Waals surface area (Å²) in [6.07, 6.45) is -2.58. The van der Waals surface area contributed by atoms with Crippen molar-refractivity contribution in [3.8, 4) is 5.75 Å². The van der Waals surface area contributed by atoms with Crippen molar-refractivity contribution in [1.82, 2.24) is 9.97 Å². The van der Waals surface area contributed by atoms with Crippen LogP contribution >= 0.6 is 11.6 Å². The van der Waals surface area contributed by atoms with Crippen molar-refractivity contribution in [2.75, 3.05) is 18.5 Å². The summed E-state index contributed by atoms with van der Waals surface area (Å²) in [4.78, 5) is 7.61. The average Bonchev–Trinajstić information content (AvgIpc) is 2.51. The SMILES string of the molecule is OC(CNc1ncncc1Cl)COc1ccc(C(F)(F)F)cc1. The lowest BCUT2D eigenvalue weighted by molar-refractivity contribution is -0.137. The van der Waals surface area contributed by atoms with Crippen LogP contribution < -0.4 is 10.1 Å². The Balaban J connectivity index is 1.80. The Morgan fingerprint density at radius 3 is 2.57 bits per heavy atom. The molecular weight excluding hydrogens is 335 g/mol. The number of halogens is 4. The number of alkyl halides is 3. The Bertz CT molecular complexity index is 638. The molecule has 0 radical (unpaired) electrons. The summed E-state index contributed by atoms with van der Waals surface area (Å²) in [6, 6.07) is 4.23. The predicted molar refractivity (Wildman–Crippen MR) is 78.5 cm³/mol. The van der Waals surface area contributed by atoms with Crippen molar-refractivity contribution in [2.24, 2.45) is 0 Å². The summed E-state index contributed by atoms with van der Waals surface area (Å²) < 4.78 is 42.5. The minimum atomic E-state index is -4.39. The fourth-order valence-corrected chi connectivity index (χ4v) is 1.82. The molecule has 124 valence electrons. The zero-order valence-electron chi connectivity index (χ0n) is 11.7. The largest absolute Gasteiger partial charge is 0.491 e. The summed E-state index contributed by atoms with van der Waals surface area (Å²) in [6.45, 7) is 0.0123. The molecule has 1 heterocycles. The van der Waals surface area contributed by atoms with Gasteiger partial charge in [0.15, 0.2) is 0 Å². The first kappa shape index (κ1) is 17.3. The smallest absolute Gasteiger partial charge is 0.416 e. The second-order valence-corrected chi connectivity index (χ2v) is 4.99. The van der Waals surface area contributed by atoms with Crippen molar-refractivity contribution in [3.63, 3.8) is 0 Å². The molecule has 0 bridgehead atoms. The van der Waals surface area contributed by atoms with Crippen molar-refractivity contribution in [1.29, 1.82) is 0 Å². The van der Waals surface area contributed by atoms with Gasteiger partial charge >= 0.3 is 6.18 Å². The van der Waals surface area contributed by atoms with Crippen LogP contribution in [0, 0.1) is 0 Å². The van der Waals surface area contributed by atoms with Crippen LogP contribution in [0.25, 0.3) is 0 Å². The fraction of sp³-hybridized carbons (Fsp3) is 0.286. The molecule has 0 fully saturated rings. The van der Waals surface area contributed by atoms with Crippen LogP contribution in [0.5, 0.6) is 5.75 Å². The zero-order valence-corrected chi connectivity index (χ0v) is 12.5. The van der Waals surface area contributed by atoms with E-state index in [4.69, 9.17) is 16.3 Å². The van der Waals surface area contributed by atoms with Crippen molar-refractivity contribution in [3.05, 3.63) is 47.4 Å². The highest BCUT2D eigenvalue weighted by Crippen LogP contribution is 2.30. The monoisotopic (exact) mass is 347 g/mol. The number of aromatic nitrogens is 2. The summed E-state index contributed by atoms with van der Waals surface area (Å²) in [5, 5.41) is 12.9. The third kappa shape index (κ3) is 5.26. The van der Waals surface area contributed by atoms with Gasteiger partial charge in [0, 0.05) is 6.54 Å². The Labute approximate surface area is 135 Å². The van der Waals surface area contributed by atoms with Gasteiger partial charge in [-0.15, -0.1) is 0 Å². The summed E-state index contributed by atoms with van der Waals surface area (Å²) in [5.74, 6) is 0.604. The molecule has 1 unspecified atom stereocenters. The van der Waals surface area contributed by atoms with E-state index in [0.29, 0.717) is 10.8 Å². The van der Waals surface area contributed by atoms with E-state index in [1.54, 1.807) is 0 Å². The minimum Gasteiger partial charge on any atom is -0.491 e. The lowest BCUT2D eigenvalue weighted by atomic mass is 10.2. The van der Waals surface area contributed by atoms with Gasteiger partial charge in [0.2, 0.25) is 0 Å². The highest BCUT2D eigenvalue weighted by Gasteiger charge is 2.30. The second kappa shape index (κ2) is 7.47. The maximum Gasteiger partial charge on any atom is 0.416 e. The van der Waals surface area contributed by atoms with Gasteiger partial charge in [-0.1, -0.05) is 11.6 Å². The van der Waals surface area contributed by atoms with Gasteiger partial charge in [-0.2, -0.15) is 13.2 Å². The van der Waals surface area contributed by atoms with Crippen LogP contribution in [0.1, 0.15) is 5.56 Å². The zero-order chi connectivity index (χ0) is 16.9. The van der Waals surface area contributed by atoms with E-state index in [0.717, 1.165) is 12.1 Å². The molecule has 0 saturated carbocycles. The second-order valence-electron chi connectivity index (χ2n) is 4.59. The third-order valence-corrected chi connectivity index (χ3v) is 3.07. The minimum absolute atomic E-state index is 0.0962. The Morgan fingerprint density at radius 1 is 1.26 bits per heavy atom. The number of hydrogen-bond acceptors (Lipinski definition) is 5. The Kier molecular flexibility index (Phi) is 5.62. The summed E-state index contributed by atoms with van der Waals surface area (Å²) >= 11 is 5.84. The van der Waals surface area contributed by atoms with Crippen molar-refractivity contribution < 1.29 is 23.0 Å².